The van der Waals surface area contributed by atoms with Gasteiger partial charge < -0.3 is 14.8 Å². The normalized spacial score (nSPS) is 11.2. The van der Waals surface area contributed by atoms with Gasteiger partial charge in [0.2, 0.25) is 5.91 Å². The molecule has 5 nitrogen and oxygen atoms in total. The summed E-state index contributed by atoms with van der Waals surface area (Å²) in [5, 5.41) is 2.95. The highest BCUT2D eigenvalue weighted by Gasteiger charge is 2.14. The quantitative estimate of drug-likeness (QED) is 0.785. The topological polar surface area (TPSA) is 50.2 Å². The molecular formula is C19H22N4O. The van der Waals surface area contributed by atoms with E-state index in [4.69, 9.17) is 0 Å². The summed E-state index contributed by atoms with van der Waals surface area (Å²) >= 11 is 0. The number of imidazole rings is 1. The molecule has 24 heavy (non-hydrogen) atoms. The van der Waals surface area contributed by atoms with Crippen LogP contribution in [0.3, 0.4) is 0 Å². The summed E-state index contributed by atoms with van der Waals surface area (Å²) in [7, 11) is 3.99. The second kappa shape index (κ2) is 6.84. The fraction of sp³-hybridized carbons (Fsp3) is 0.263. The van der Waals surface area contributed by atoms with E-state index in [2.05, 4.69) is 15.2 Å². The van der Waals surface area contributed by atoms with Crippen molar-refractivity contribution >= 4 is 22.6 Å². The number of para-hydroxylation sites is 2. The lowest BCUT2D eigenvalue weighted by Gasteiger charge is -2.13. The van der Waals surface area contributed by atoms with Crippen molar-refractivity contribution in [2.45, 2.75) is 20.0 Å². The number of nitrogens with zero attached hydrogens (tertiary/aromatic N) is 3. The van der Waals surface area contributed by atoms with Crippen LogP contribution in [-0.2, 0) is 17.9 Å². The van der Waals surface area contributed by atoms with Crippen LogP contribution < -0.4 is 5.32 Å². The average molecular weight is 322 g/mol. The third kappa shape index (κ3) is 3.63. The number of hydrogen-bond acceptors (Lipinski definition) is 3. The number of aryl methyl sites for hydroxylation is 1. The Hall–Kier alpha value is -2.66. The Bertz CT molecular complexity index is 849. The Morgan fingerprint density at radius 1 is 1.12 bits per heavy atom. The van der Waals surface area contributed by atoms with Crippen molar-refractivity contribution in [2.24, 2.45) is 0 Å². The van der Waals surface area contributed by atoms with E-state index in [1.807, 2.05) is 74.1 Å². The lowest BCUT2D eigenvalue weighted by Crippen LogP contribution is -2.22. The summed E-state index contributed by atoms with van der Waals surface area (Å²) in [6.07, 6.45) is 0. The largest absolute Gasteiger partial charge is 0.325 e. The summed E-state index contributed by atoms with van der Waals surface area (Å²) < 4.78 is 1.98. The monoisotopic (exact) mass is 322 g/mol. The first-order chi connectivity index (χ1) is 11.5. The minimum atomic E-state index is -0.0537. The molecule has 1 amide bonds. The number of nitrogens with one attached hydrogen (secondary N) is 1. The molecule has 0 aliphatic rings. The summed E-state index contributed by atoms with van der Waals surface area (Å²) in [6.45, 7) is 2.96. The fourth-order valence-electron chi connectivity index (χ4n) is 2.69. The van der Waals surface area contributed by atoms with Crippen LogP contribution in [0.5, 0.6) is 0 Å². The second-order valence-electron chi connectivity index (χ2n) is 6.25. The molecule has 0 spiro atoms. The van der Waals surface area contributed by atoms with Crippen LogP contribution in [0.1, 0.15) is 11.4 Å². The van der Waals surface area contributed by atoms with E-state index < -0.39 is 0 Å². The highest BCUT2D eigenvalue weighted by Crippen LogP contribution is 2.17. The molecule has 0 saturated carbocycles. The van der Waals surface area contributed by atoms with E-state index in [1.165, 1.54) is 5.56 Å². The minimum absolute atomic E-state index is 0.0537. The van der Waals surface area contributed by atoms with Crippen LogP contribution in [0.4, 0.5) is 5.69 Å². The van der Waals surface area contributed by atoms with E-state index in [-0.39, 0.29) is 12.5 Å². The summed E-state index contributed by atoms with van der Waals surface area (Å²) in [6, 6.07) is 15.7. The second-order valence-corrected chi connectivity index (χ2v) is 6.25. The third-order valence-electron chi connectivity index (χ3n) is 3.83. The molecule has 1 aromatic heterocycles. The van der Waals surface area contributed by atoms with Crippen LogP contribution in [0.15, 0.2) is 48.5 Å². The first-order valence-electron chi connectivity index (χ1n) is 7.98. The van der Waals surface area contributed by atoms with Gasteiger partial charge in [-0.3, -0.25) is 4.79 Å². The van der Waals surface area contributed by atoms with Gasteiger partial charge in [0.25, 0.3) is 0 Å². The van der Waals surface area contributed by atoms with Gasteiger partial charge in [0, 0.05) is 5.69 Å². The zero-order valence-electron chi connectivity index (χ0n) is 14.3. The molecule has 2 aromatic carbocycles. The molecular weight excluding hydrogens is 300 g/mol. The Morgan fingerprint density at radius 2 is 1.83 bits per heavy atom. The first kappa shape index (κ1) is 16.2. The van der Waals surface area contributed by atoms with Crippen LogP contribution >= 0.6 is 0 Å². The van der Waals surface area contributed by atoms with Crippen LogP contribution in [0.2, 0.25) is 0 Å². The molecule has 0 fully saturated rings. The zero-order valence-corrected chi connectivity index (χ0v) is 14.3. The predicted molar refractivity (Wildman–Crippen MR) is 96.9 cm³/mol. The Kier molecular flexibility index (Phi) is 4.62. The van der Waals surface area contributed by atoms with E-state index >= 15 is 0 Å². The Labute approximate surface area is 141 Å². The number of hydrogen-bond donors (Lipinski definition) is 1. The van der Waals surface area contributed by atoms with Crippen LogP contribution in [0, 0.1) is 6.92 Å². The molecule has 0 unspecified atom stereocenters. The van der Waals surface area contributed by atoms with E-state index in [9.17, 15) is 4.79 Å². The van der Waals surface area contributed by atoms with Gasteiger partial charge in [0.05, 0.1) is 17.6 Å². The number of anilines is 1. The highest BCUT2D eigenvalue weighted by atomic mass is 16.1. The Balaban J connectivity index is 1.85. The molecule has 0 atom stereocenters. The number of aromatic nitrogens is 2. The SMILES string of the molecule is Cc1ccc(NC(=O)Cn2c(CN(C)C)nc3ccccc32)cc1. The average Bonchev–Trinajstić information content (AvgIpc) is 2.86. The van der Waals surface area contributed by atoms with E-state index in [0.717, 1.165) is 22.5 Å². The number of carbonyl (C=O) groups excluding carboxylic acids is 1. The van der Waals surface area contributed by atoms with Gasteiger partial charge in [-0.1, -0.05) is 29.8 Å². The number of benzene rings is 2. The molecule has 0 aliphatic heterocycles. The van der Waals surface area contributed by atoms with Gasteiger partial charge in [0.15, 0.2) is 0 Å². The maximum absolute atomic E-state index is 12.5. The van der Waals surface area contributed by atoms with Gasteiger partial charge in [-0.25, -0.2) is 4.98 Å². The molecule has 0 radical (unpaired) electrons. The highest BCUT2D eigenvalue weighted by molar-refractivity contribution is 5.91. The molecule has 0 bridgehead atoms. The van der Waals surface area contributed by atoms with Crippen LogP contribution in [0.25, 0.3) is 11.0 Å². The molecule has 3 rings (SSSR count). The number of carbonyl (C=O) groups is 1. The van der Waals surface area contributed by atoms with Gasteiger partial charge in [-0.05, 0) is 45.3 Å². The molecule has 3 aromatic rings. The van der Waals surface area contributed by atoms with E-state index in [1.54, 1.807) is 0 Å². The number of fused-ring (bicyclic) bond motifs is 1. The van der Waals surface area contributed by atoms with Gasteiger partial charge in [-0.2, -0.15) is 0 Å². The maximum Gasteiger partial charge on any atom is 0.244 e. The minimum Gasteiger partial charge on any atom is -0.325 e. The lowest BCUT2D eigenvalue weighted by molar-refractivity contribution is -0.116. The summed E-state index contributed by atoms with van der Waals surface area (Å²) in [4.78, 5) is 19.2. The van der Waals surface area contributed by atoms with Crippen LogP contribution in [-0.4, -0.2) is 34.5 Å². The van der Waals surface area contributed by atoms with Crippen molar-refractivity contribution in [1.29, 1.82) is 0 Å². The fourth-order valence-corrected chi connectivity index (χ4v) is 2.69. The molecule has 124 valence electrons. The van der Waals surface area contributed by atoms with Gasteiger partial charge in [0.1, 0.15) is 12.4 Å². The van der Waals surface area contributed by atoms with Crippen molar-refractivity contribution in [3.8, 4) is 0 Å². The van der Waals surface area contributed by atoms with Crippen molar-refractivity contribution in [1.82, 2.24) is 14.5 Å². The molecule has 1 heterocycles. The van der Waals surface area contributed by atoms with Crippen molar-refractivity contribution in [2.75, 3.05) is 19.4 Å². The first-order valence-corrected chi connectivity index (χ1v) is 7.98. The summed E-state index contributed by atoms with van der Waals surface area (Å²) in [5.74, 6) is 0.835. The number of rotatable bonds is 5. The summed E-state index contributed by atoms with van der Waals surface area (Å²) in [5.41, 5.74) is 3.87. The third-order valence-corrected chi connectivity index (χ3v) is 3.83. The maximum atomic E-state index is 12.5. The lowest BCUT2D eigenvalue weighted by atomic mass is 10.2. The Morgan fingerprint density at radius 3 is 2.54 bits per heavy atom. The molecule has 1 N–H and O–H groups in total. The standard InChI is InChI=1S/C19H22N4O/c1-14-8-10-15(11-9-14)20-19(24)13-23-17-7-5-4-6-16(17)21-18(23)12-22(2)3/h4-11H,12-13H2,1-3H3,(H,20,24). The van der Waals surface area contributed by atoms with Crippen molar-refractivity contribution in [3.05, 3.63) is 59.9 Å². The molecule has 5 heteroatoms. The van der Waals surface area contributed by atoms with Gasteiger partial charge >= 0.3 is 0 Å². The van der Waals surface area contributed by atoms with E-state index in [0.29, 0.717) is 6.54 Å². The molecule has 0 aliphatic carbocycles. The van der Waals surface area contributed by atoms with Gasteiger partial charge in [-0.15, -0.1) is 0 Å². The smallest absolute Gasteiger partial charge is 0.244 e. The zero-order chi connectivity index (χ0) is 17.1. The predicted octanol–water partition coefficient (Wildman–Crippen LogP) is 3.05. The van der Waals surface area contributed by atoms with Crippen molar-refractivity contribution in [3.63, 3.8) is 0 Å². The van der Waals surface area contributed by atoms with Crippen molar-refractivity contribution < 1.29 is 4.79 Å². The number of amides is 1. The molecule has 0 saturated heterocycles.